The van der Waals surface area contributed by atoms with E-state index in [1.165, 1.54) is 0 Å². The van der Waals surface area contributed by atoms with Gasteiger partial charge in [-0.1, -0.05) is 34.1 Å². The zero-order chi connectivity index (χ0) is 12.7. The topological polar surface area (TPSA) is 66.4 Å². The molecule has 0 spiro atoms. The summed E-state index contributed by atoms with van der Waals surface area (Å²) in [6, 6.07) is -0.772. The summed E-state index contributed by atoms with van der Waals surface area (Å²) in [5.41, 5.74) is 0. The van der Waals surface area contributed by atoms with Gasteiger partial charge in [-0.3, -0.25) is 4.79 Å². The first kappa shape index (κ1) is 14.9. The van der Waals surface area contributed by atoms with Crippen molar-refractivity contribution in [1.29, 1.82) is 0 Å². The van der Waals surface area contributed by atoms with Crippen LogP contribution in [0.5, 0.6) is 0 Å². The van der Waals surface area contributed by atoms with Crippen molar-refractivity contribution in [2.24, 2.45) is 11.8 Å². The molecule has 0 saturated carbocycles. The van der Waals surface area contributed by atoms with Crippen LogP contribution in [0.4, 0.5) is 0 Å². The third kappa shape index (κ3) is 6.43. The lowest BCUT2D eigenvalue weighted by molar-refractivity contribution is -0.143. The molecule has 1 atom stereocenters. The fourth-order valence-corrected chi connectivity index (χ4v) is 1.43. The molecular formula is C12H23NO3. The molecule has 0 radical (unpaired) electrons. The normalized spacial score (nSPS) is 12.9. The zero-order valence-corrected chi connectivity index (χ0v) is 10.6. The smallest absolute Gasteiger partial charge is 0.326 e. The summed E-state index contributed by atoms with van der Waals surface area (Å²) in [6.07, 6.45) is 2.22. The Morgan fingerprint density at radius 2 is 1.75 bits per heavy atom. The Labute approximate surface area is 97.4 Å². The Bertz CT molecular complexity index is 236. The maximum absolute atomic E-state index is 11.5. The van der Waals surface area contributed by atoms with E-state index in [-0.39, 0.29) is 11.8 Å². The Kier molecular flexibility index (Phi) is 6.77. The number of carboxylic acid groups (broad SMARTS) is 1. The van der Waals surface area contributed by atoms with Gasteiger partial charge < -0.3 is 10.4 Å². The van der Waals surface area contributed by atoms with Gasteiger partial charge in [-0.25, -0.2) is 4.79 Å². The SMILES string of the molecule is CC(C)CCCC(=O)N[C@H](C(=O)O)C(C)C. The van der Waals surface area contributed by atoms with E-state index in [4.69, 9.17) is 5.11 Å². The first-order chi connectivity index (χ1) is 7.34. The Morgan fingerprint density at radius 3 is 2.12 bits per heavy atom. The predicted molar refractivity (Wildman–Crippen MR) is 63.1 cm³/mol. The quantitative estimate of drug-likeness (QED) is 0.702. The minimum Gasteiger partial charge on any atom is -0.480 e. The van der Waals surface area contributed by atoms with E-state index in [1.54, 1.807) is 13.8 Å². The van der Waals surface area contributed by atoms with Crippen LogP contribution in [-0.4, -0.2) is 23.0 Å². The van der Waals surface area contributed by atoms with Crippen molar-refractivity contribution in [3.63, 3.8) is 0 Å². The van der Waals surface area contributed by atoms with Crippen molar-refractivity contribution in [2.75, 3.05) is 0 Å². The molecule has 0 aromatic carbocycles. The largest absolute Gasteiger partial charge is 0.480 e. The highest BCUT2D eigenvalue weighted by Crippen LogP contribution is 2.07. The monoisotopic (exact) mass is 229 g/mol. The van der Waals surface area contributed by atoms with E-state index >= 15 is 0 Å². The van der Waals surface area contributed by atoms with E-state index in [0.29, 0.717) is 12.3 Å². The van der Waals surface area contributed by atoms with Crippen molar-refractivity contribution >= 4 is 11.9 Å². The molecule has 0 aromatic heterocycles. The van der Waals surface area contributed by atoms with Gasteiger partial charge in [0.05, 0.1) is 0 Å². The van der Waals surface area contributed by atoms with Crippen LogP contribution >= 0.6 is 0 Å². The minimum atomic E-state index is -0.966. The third-order valence-corrected chi connectivity index (χ3v) is 2.43. The predicted octanol–water partition coefficient (Wildman–Crippen LogP) is 2.04. The van der Waals surface area contributed by atoms with Crippen LogP contribution in [0.3, 0.4) is 0 Å². The van der Waals surface area contributed by atoms with Crippen LogP contribution in [0.15, 0.2) is 0 Å². The number of carboxylic acids is 1. The summed E-state index contributed by atoms with van der Waals surface area (Å²) in [6.45, 7) is 7.78. The molecule has 0 bridgehead atoms. The van der Waals surface area contributed by atoms with Crippen LogP contribution in [0, 0.1) is 11.8 Å². The molecule has 0 aliphatic rings. The van der Waals surface area contributed by atoms with Gasteiger partial charge in [-0.15, -0.1) is 0 Å². The van der Waals surface area contributed by atoms with Crippen molar-refractivity contribution in [2.45, 2.75) is 53.0 Å². The fraction of sp³-hybridized carbons (Fsp3) is 0.833. The van der Waals surface area contributed by atoms with Crippen LogP contribution in [0.2, 0.25) is 0 Å². The number of hydrogen-bond donors (Lipinski definition) is 2. The molecule has 0 aromatic rings. The molecule has 4 nitrogen and oxygen atoms in total. The summed E-state index contributed by atoms with van der Waals surface area (Å²) >= 11 is 0. The van der Waals surface area contributed by atoms with Gasteiger partial charge in [0.2, 0.25) is 5.91 Å². The molecule has 0 heterocycles. The lowest BCUT2D eigenvalue weighted by Gasteiger charge is -2.17. The molecule has 0 aliphatic carbocycles. The maximum Gasteiger partial charge on any atom is 0.326 e. The van der Waals surface area contributed by atoms with E-state index < -0.39 is 12.0 Å². The molecule has 4 heteroatoms. The summed E-state index contributed by atoms with van der Waals surface area (Å²) in [5, 5.41) is 11.4. The first-order valence-electron chi connectivity index (χ1n) is 5.86. The molecule has 0 rings (SSSR count). The van der Waals surface area contributed by atoms with Gasteiger partial charge in [-0.05, 0) is 18.3 Å². The molecule has 0 fully saturated rings. The molecular weight excluding hydrogens is 206 g/mol. The van der Waals surface area contributed by atoms with Crippen molar-refractivity contribution in [3.05, 3.63) is 0 Å². The summed E-state index contributed by atoms with van der Waals surface area (Å²) in [5.74, 6) is -0.645. The van der Waals surface area contributed by atoms with Gasteiger partial charge in [-0.2, -0.15) is 0 Å². The lowest BCUT2D eigenvalue weighted by atomic mass is 10.0. The van der Waals surface area contributed by atoms with Gasteiger partial charge >= 0.3 is 5.97 Å². The second kappa shape index (κ2) is 7.25. The molecule has 1 amide bonds. The second-order valence-electron chi connectivity index (χ2n) is 4.91. The van der Waals surface area contributed by atoms with E-state index in [9.17, 15) is 9.59 Å². The van der Waals surface area contributed by atoms with Crippen LogP contribution in [0.1, 0.15) is 47.0 Å². The molecule has 2 N–H and O–H groups in total. The third-order valence-electron chi connectivity index (χ3n) is 2.43. The van der Waals surface area contributed by atoms with Crippen molar-refractivity contribution < 1.29 is 14.7 Å². The number of hydrogen-bond acceptors (Lipinski definition) is 2. The fourth-order valence-electron chi connectivity index (χ4n) is 1.43. The van der Waals surface area contributed by atoms with E-state index in [0.717, 1.165) is 12.8 Å². The van der Waals surface area contributed by atoms with E-state index in [1.807, 2.05) is 0 Å². The summed E-state index contributed by atoms with van der Waals surface area (Å²) < 4.78 is 0. The van der Waals surface area contributed by atoms with Crippen LogP contribution < -0.4 is 5.32 Å². The van der Waals surface area contributed by atoms with Gasteiger partial charge in [0.15, 0.2) is 0 Å². The standard InChI is InChI=1S/C12H23NO3/c1-8(2)6-5-7-10(14)13-11(9(3)4)12(15)16/h8-9,11H,5-7H2,1-4H3,(H,13,14)(H,15,16)/t11-/m0/s1. The Hall–Kier alpha value is -1.06. The van der Waals surface area contributed by atoms with Crippen LogP contribution in [0.25, 0.3) is 0 Å². The van der Waals surface area contributed by atoms with Gasteiger partial charge in [0.25, 0.3) is 0 Å². The van der Waals surface area contributed by atoms with Gasteiger partial charge in [0, 0.05) is 6.42 Å². The van der Waals surface area contributed by atoms with Gasteiger partial charge in [0.1, 0.15) is 6.04 Å². The average molecular weight is 229 g/mol. The number of aliphatic carboxylic acids is 1. The highest BCUT2D eigenvalue weighted by molar-refractivity contribution is 5.83. The first-order valence-corrected chi connectivity index (χ1v) is 5.86. The number of amides is 1. The molecule has 0 aliphatic heterocycles. The minimum absolute atomic E-state index is 0.0912. The lowest BCUT2D eigenvalue weighted by Crippen LogP contribution is -2.44. The molecule has 0 saturated heterocycles. The second-order valence-corrected chi connectivity index (χ2v) is 4.91. The average Bonchev–Trinajstić information content (AvgIpc) is 2.12. The van der Waals surface area contributed by atoms with E-state index in [2.05, 4.69) is 19.2 Å². The molecule has 0 unspecified atom stereocenters. The number of rotatable bonds is 7. The summed E-state index contributed by atoms with van der Waals surface area (Å²) in [7, 11) is 0. The van der Waals surface area contributed by atoms with Crippen molar-refractivity contribution in [1.82, 2.24) is 5.32 Å². The zero-order valence-electron chi connectivity index (χ0n) is 10.6. The molecule has 16 heavy (non-hydrogen) atoms. The maximum atomic E-state index is 11.5. The Morgan fingerprint density at radius 1 is 1.19 bits per heavy atom. The van der Waals surface area contributed by atoms with Crippen LogP contribution in [-0.2, 0) is 9.59 Å². The summed E-state index contributed by atoms with van der Waals surface area (Å²) in [4.78, 5) is 22.3. The highest BCUT2D eigenvalue weighted by Gasteiger charge is 2.22. The highest BCUT2D eigenvalue weighted by atomic mass is 16.4. The number of carbonyl (C=O) groups excluding carboxylic acids is 1. The number of carbonyl (C=O) groups is 2. The Balaban J connectivity index is 3.97. The van der Waals surface area contributed by atoms with Crippen molar-refractivity contribution in [3.8, 4) is 0 Å². The molecule has 94 valence electrons. The number of nitrogens with one attached hydrogen (secondary N) is 1.